The van der Waals surface area contributed by atoms with Crippen molar-refractivity contribution in [2.45, 2.75) is 11.7 Å². The third kappa shape index (κ3) is 2.93. The van der Waals surface area contributed by atoms with E-state index < -0.39 is 29.4 Å². The molecule has 0 aliphatic heterocycles. The fourth-order valence-electron chi connectivity index (χ4n) is 0.980. The van der Waals surface area contributed by atoms with Crippen LogP contribution >= 0.6 is 0 Å². The van der Waals surface area contributed by atoms with E-state index >= 15 is 0 Å². The minimum atomic E-state index is -2.82. The number of aliphatic hydroxyl groups is 2. The van der Waals surface area contributed by atoms with Crippen molar-refractivity contribution in [3.05, 3.63) is 12.3 Å². The second-order valence-electron chi connectivity index (χ2n) is 2.86. The van der Waals surface area contributed by atoms with Crippen molar-refractivity contribution in [1.82, 2.24) is 0 Å². The first kappa shape index (κ1) is 15.4. The largest absolute Gasteiger partial charge is 0.467 e. The molecule has 0 heterocycles. The topological polar surface area (TPSA) is 112 Å². The molecule has 8 heteroatoms. The second-order valence-corrected chi connectivity index (χ2v) is 2.86. The van der Waals surface area contributed by atoms with Gasteiger partial charge < -0.3 is 24.6 Å². The average Bonchev–Trinajstić information content (AvgIpc) is 2.34. The first-order valence-corrected chi connectivity index (χ1v) is 4.32. The van der Waals surface area contributed by atoms with E-state index in [2.05, 4.69) is 25.8 Å². The van der Waals surface area contributed by atoms with Crippen molar-refractivity contribution in [2.75, 3.05) is 21.3 Å². The Bertz CT molecular complexity index is 312. The number of esters is 2. The Kier molecular flexibility index (Phi) is 5.59. The summed E-state index contributed by atoms with van der Waals surface area (Å²) >= 11 is 0. The maximum absolute atomic E-state index is 11.4. The van der Waals surface area contributed by atoms with Gasteiger partial charge in [-0.2, -0.15) is 4.89 Å². The highest BCUT2D eigenvalue weighted by Gasteiger charge is 2.54. The summed E-state index contributed by atoms with van der Waals surface area (Å²) in [6, 6.07) is 0. The Balaban J connectivity index is 5.31. The zero-order valence-corrected chi connectivity index (χ0v) is 9.63. The molecule has 0 radical (unpaired) electrons. The summed E-state index contributed by atoms with van der Waals surface area (Å²) in [5.41, 5.74) is -2.82. The Morgan fingerprint density at radius 2 is 1.76 bits per heavy atom. The average molecular weight is 250 g/mol. The molecule has 0 aliphatic rings. The predicted octanol–water partition coefficient (Wildman–Crippen LogP) is -1.48. The lowest BCUT2D eigenvalue weighted by molar-refractivity contribution is -0.265. The first-order chi connectivity index (χ1) is 7.85. The Morgan fingerprint density at radius 3 is 2.12 bits per heavy atom. The maximum atomic E-state index is 11.4. The number of hydrogen-bond donors (Lipinski definition) is 2. The smallest absolute Gasteiger partial charge is 0.349 e. The number of ether oxygens (including phenoxy) is 2. The van der Waals surface area contributed by atoms with Gasteiger partial charge in [0.15, 0.2) is 11.9 Å². The van der Waals surface area contributed by atoms with Crippen LogP contribution < -0.4 is 0 Å². The summed E-state index contributed by atoms with van der Waals surface area (Å²) in [4.78, 5) is 31.0. The Hall–Kier alpha value is -1.64. The molecule has 0 rings (SSSR count). The van der Waals surface area contributed by atoms with E-state index in [9.17, 15) is 19.8 Å². The van der Waals surface area contributed by atoms with Gasteiger partial charge in [0, 0.05) is 0 Å². The monoisotopic (exact) mass is 250 g/mol. The molecule has 0 unspecified atom stereocenters. The van der Waals surface area contributed by atoms with Gasteiger partial charge in [0.25, 0.3) is 5.60 Å². The van der Waals surface area contributed by atoms with Gasteiger partial charge in [-0.05, 0) is 0 Å². The van der Waals surface area contributed by atoms with E-state index in [4.69, 9.17) is 0 Å². The van der Waals surface area contributed by atoms with Gasteiger partial charge in [0.1, 0.15) is 0 Å². The highest BCUT2D eigenvalue weighted by atomic mass is 17.2. The number of hydrogen-bond acceptors (Lipinski definition) is 8. The van der Waals surface area contributed by atoms with Gasteiger partial charge in [0.2, 0.25) is 0 Å². The zero-order chi connectivity index (χ0) is 13.6. The van der Waals surface area contributed by atoms with E-state index in [1.807, 2.05) is 0 Å². The molecule has 8 nitrogen and oxygen atoms in total. The summed E-state index contributed by atoms with van der Waals surface area (Å²) in [5, 5.41) is 19.4. The van der Waals surface area contributed by atoms with Gasteiger partial charge in [-0.25, -0.2) is 9.59 Å². The lowest BCUT2D eigenvalue weighted by atomic mass is 9.95. The molecule has 0 aromatic carbocycles. The summed E-state index contributed by atoms with van der Waals surface area (Å²) in [6.07, 6.45) is -2.26. The zero-order valence-electron chi connectivity index (χ0n) is 9.63. The van der Waals surface area contributed by atoms with Gasteiger partial charge >= 0.3 is 11.9 Å². The number of carbonyl (C=O) groups is 2. The summed E-state index contributed by atoms with van der Waals surface area (Å²) in [6.45, 7) is 3.16. The van der Waals surface area contributed by atoms with Gasteiger partial charge in [0.05, 0.1) is 21.3 Å². The highest BCUT2D eigenvalue weighted by molar-refractivity contribution is 5.91. The molecule has 2 N–H and O–H groups in total. The standard InChI is InChI=1S/C9H14O8/c1-5(17-16-4)9(13,8(12)15-3)6(10)7(11)14-2/h6,10,13H,1H2,2-4H3/t6-,9-/m1/s1. The van der Waals surface area contributed by atoms with Crippen LogP contribution in [0.2, 0.25) is 0 Å². The molecule has 0 spiro atoms. The number of carbonyl (C=O) groups excluding carboxylic acids is 2. The van der Waals surface area contributed by atoms with E-state index in [1.54, 1.807) is 0 Å². The molecule has 0 aromatic rings. The fraction of sp³-hybridized carbons (Fsp3) is 0.556. The summed E-state index contributed by atoms with van der Waals surface area (Å²) < 4.78 is 8.43. The van der Waals surface area contributed by atoms with Crippen molar-refractivity contribution >= 4 is 11.9 Å². The van der Waals surface area contributed by atoms with Crippen molar-refractivity contribution in [1.29, 1.82) is 0 Å². The van der Waals surface area contributed by atoms with Crippen LogP contribution in [-0.4, -0.2) is 55.2 Å². The van der Waals surface area contributed by atoms with Crippen molar-refractivity contribution in [2.24, 2.45) is 0 Å². The van der Waals surface area contributed by atoms with Crippen LogP contribution in [0.3, 0.4) is 0 Å². The van der Waals surface area contributed by atoms with Crippen LogP contribution in [0.4, 0.5) is 0 Å². The van der Waals surface area contributed by atoms with E-state index in [0.29, 0.717) is 0 Å². The SMILES string of the molecule is C=C(OOC)[C@](O)(C(=O)OC)[C@H](O)C(=O)OC. The van der Waals surface area contributed by atoms with Crippen LogP contribution in [0.1, 0.15) is 0 Å². The van der Waals surface area contributed by atoms with E-state index in [1.165, 1.54) is 0 Å². The van der Waals surface area contributed by atoms with Crippen molar-refractivity contribution in [3.8, 4) is 0 Å². The number of aliphatic hydroxyl groups excluding tert-OH is 1. The lowest BCUT2D eigenvalue weighted by Crippen LogP contribution is -2.55. The van der Waals surface area contributed by atoms with Crippen molar-refractivity contribution in [3.63, 3.8) is 0 Å². The third-order valence-corrected chi connectivity index (χ3v) is 1.93. The molecule has 2 atom stereocenters. The molecule has 0 amide bonds. The highest BCUT2D eigenvalue weighted by Crippen LogP contribution is 2.24. The molecular formula is C9H14O8. The van der Waals surface area contributed by atoms with Gasteiger partial charge in [-0.3, -0.25) is 0 Å². The quantitative estimate of drug-likeness (QED) is 0.254. The van der Waals surface area contributed by atoms with Crippen LogP contribution in [0.5, 0.6) is 0 Å². The summed E-state index contributed by atoms with van der Waals surface area (Å²) in [5.74, 6) is -3.33. The minimum Gasteiger partial charge on any atom is -0.467 e. The molecule has 0 saturated heterocycles. The van der Waals surface area contributed by atoms with Crippen LogP contribution in [-0.2, 0) is 28.8 Å². The molecule has 0 aliphatic carbocycles. The number of methoxy groups -OCH3 is 2. The minimum absolute atomic E-state index is 0.718. The van der Waals surface area contributed by atoms with E-state index in [-0.39, 0.29) is 0 Å². The predicted molar refractivity (Wildman–Crippen MR) is 52.2 cm³/mol. The van der Waals surface area contributed by atoms with Crippen LogP contribution in [0, 0.1) is 0 Å². The first-order valence-electron chi connectivity index (χ1n) is 4.32. The van der Waals surface area contributed by atoms with Crippen LogP contribution in [0.25, 0.3) is 0 Å². The molecule has 0 aromatic heterocycles. The third-order valence-electron chi connectivity index (χ3n) is 1.93. The maximum Gasteiger partial charge on any atom is 0.349 e. The molecule has 98 valence electrons. The van der Waals surface area contributed by atoms with Crippen LogP contribution in [0.15, 0.2) is 12.3 Å². The van der Waals surface area contributed by atoms with Gasteiger partial charge in [-0.15, -0.1) is 0 Å². The molecule has 0 saturated carbocycles. The second kappa shape index (κ2) is 6.18. The van der Waals surface area contributed by atoms with E-state index in [0.717, 1.165) is 21.3 Å². The Morgan fingerprint density at radius 1 is 1.24 bits per heavy atom. The number of rotatable bonds is 6. The molecular weight excluding hydrogens is 236 g/mol. The van der Waals surface area contributed by atoms with Crippen molar-refractivity contribution < 1.29 is 39.1 Å². The molecule has 0 fully saturated rings. The lowest BCUT2D eigenvalue weighted by Gasteiger charge is -2.28. The molecule has 17 heavy (non-hydrogen) atoms. The molecule has 0 bridgehead atoms. The normalized spacial score (nSPS) is 15.4. The van der Waals surface area contributed by atoms with Gasteiger partial charge in [-0.1, -0.05) is 6.58 Å². The Labute approximate surface area is 97.3 Å². The summed E-state index contributed by atoms with van der Waals surface area (Å²) in [7, 11) is 2.98. The fourth-order valence-corrected chi connectivity index (χ4v) is 0.980.